The number of imidazole rings is 1. The summed E-state index contributed by atoms with van der Waals surface area (Å²) in [5, 5.41) is 4.28. The maximum Gasteiger partial charge on any atom is 0.221 e. The molecule has 5 heteroatoms. The van der Waals surface area contributed by atoms with Crippen molar-refractivity contribution in [1.82, 2.24) is 9.66 Å². The lowest BCUT2D eigenvalue weighted by atomic mass is 9.99. The van der Waals surface area contributed by atoms with Gasteiger partial charge in [0.1, 0.15) is 5.82 Å². The van der Waals surface area contributed by atoms with Gasteiger partial charge in [0.15, 0.2) is 0 Å². The molecule has 0 amide bonds. The van der Waals surface area contributed by atoms with Gasteiger partial charge in [-0.1, -0.05) is 30.3 Å². The highest BCUT2D eigenvalue weighted by Crippen LogP contribution is 2.24. The minimum atomic E-state index is -0.234. The molecular formula is C18H17FN4. The fraction of sp³-hybridized carbons (Fsp3) is 0.111. The molecule has 2 aromatic carbocycles. The molecule has 0 aliphatic heterocycles. The van der Waals surface area contributed by atoms with Crippen molar-refractivity contribution in [2.45, 2.75) is 13.8 Å². The molecular weight excluding hydrogens is 291 g/mol. The van der Waals surface area contributed by atoms with Crippen LogP contribution in [0.15, 0.2) is 53.8 Å². The van der Waals surface area contributed by atoms with Crippen LogP contribution in [0.25, 0.3) is 11.1 Å². The van der Waals surface area contributed by atoms with E-state index in [9.17, 15) is 4.39 Å². The Hall–Kier alpha value is -2.95. The molecule has 116 valence electrons. The summed E-state index contributed by atoms with van der Waals surface area (Å²) in [6.45, 7) is 3.83. The lowest BCUT2D eigenvalue weighted by molar-refractivity contribution is 0.628. The minimum Gasteiger partial charge on any atom is -0.368 e. The van der Waals surface area contributed by atoms with Gasteiger partial charge >= 0.3 is 0 Å². The van der Waals surface area contributed by atoms with Gasteiger partial charge in [0.05, 0.1) is 18.1 Å². The number of nitrogens with zero attached hydrogens (tertiary/aromatic N) is 3. The fourth-order valence-corrected chi connectivity index (χ4v) is 2.38. The van der Waals surface area contributed by atoms with Crippen molar-refractivity contribution in [2.75, 3.05) is 5.73 Å². The number of halogens is 1. The van der Waals surface area contributed by atoms with Crippen LogP contribution in [-0.4, -0.2) is 15.9 Å². The summed E-state index contributed by atoms with van der Waals surface area (Å²) in [4.78, 5) is 4.09. The zero-order valence-corrected chi connectivity index (χ0v) is 13.0. The lowest BCUT2D eigenvalue weighted by Crippen LogP contribution is -1.97. The van der Waals surface area contributed by atoms with Crippen LogP contribution in [0.3, 0.4) is 0 Å². The van der Waals surface area contributed by atoms with Gasteiger partial charge < -0.3 is 5.73 Å². The van der Waals surface area contributed by atoms with Gasteiger partial charge in [0.25, 0.3) is 0 Å². The van der Waals surface area contributed by atoms with Crippen molar-refractivity contribution in [1.29, 1.82) is 0 Å². The summed E-state index contributed by atoms with van der Waals surface area (Å²) in [6, 6.07) is 12.6. The van der Waals surface area contributed by atoms with Gasteiger partial charge in [0, 0.05) is 0 Å². The van der Waals surface area contributed by atoms with Gasteiger partial charge in [-0.3, -0.25) is 0 Å². The normalized spacial score (nSPS) is 11.3. The second kappa shape index (κ2) is 6.04. The van der Waals surface area contributed by atoms with Crippen molar-refractivity contribution in [2.24, 2.45) is 5.10 Å². The van der Waals surface area contributed by atoms with E-state index in [-0.39, 0.29) is 5.82 Å². The molecule has 0 unspecified atom stereocenters. The molecule has 0 saturated carbocycles. The van der Waals surface area contributed by atoms with E-state index in [0.717, 1.165) is 27.9 Å². The molecule has 23 heavy (non-hydrogen) atoms. The molecule has 0 aliphatic rings. The van der Waals surface area contributed by atoms with Gasteiger partial charge in [-0.15, -0.1) is 0 Å². The quantitative estimate of drug-likeness (QED) is 0.749. The second-order valence-corrected chi connectivity index (χ2v) is 5.41. The Balaban J connectivity index is 1.85. The average molecular weight is 308 g/mol. The monoisotopic (exact) mass is 308 g/mol. The third-order valence-corrected chi connectivity index (χ3v) is 3.59. The van der Waals surface area contributed by atoms with Crippen molar-refractivity contribution in [3.8, 4) is 11.1 Å². The minimum absolute atomic E-state index is 0.234. The van der Waals surface area contributed by atoms with E-state index in [1.165, 1.54) is 10.7 Å². The molecule has 0 radical (unpaired) electrons. The van der Waals surface area contributed by atoms with E-state index < -0.39 is 0 Å². The van der Waals surface area contributed by atoms with E-state index in [0.29, 0.717) is 5.95 Å². The summed E-state index contributed by atoms with van der Waals surface area (Å²) in [5.41, 5.74) is 10.4. The van der Waals surface area contributed by atoms with E-state index in [1.807, 2.05) is 38.1 Å². The highest BCUT2D eigenvalue weighted by Gasteiger charge is 2.03. The molecule has 3 aromatic rings. The Morgan fingerprint density at radius 2 is 1.87 bits per heavy atom. The molecule has 2 N–H and O–H groups in total. The van der Waals surface area contributed by atoms with Crippen LogP contribution in [0.1, 0.15) is 16.8 Å². The number of hydrogen-bond acceptors (Lipinski definition) is 3. The van der Waals surface area contributed by atoms with Gasteiger partial charge in [-0.2, -0.15) is 5.10 Å². The number of rotatable bonds is 3. The molecule has 1 heterocycles. The molecule has 3 rings (SSSR count). The summed E-state index contributed by atoms with van der Waals surface area (Å²) in [6.07, 6.45) is 3.47. The maximum absolute atomic E-state index is 13.4. The van der Waals surface area contributed by atoms with Crippen molar-refractivity contribution < 1.29 is 4.39 Å². The lowest BCUT2D eigenvalue weighted by Gasteiger charge is -2.06. The van der Waals surface area contributed by atoms with E-state index in [4.69, 9.17) is 5.73 Å². The Kier molecular flexibility index (Phi) is 3.93. The van der Waals surface area contributed by atoms with Crippen molar-refractivity contribution >= 4 is 12.2 Å². The average Bonchev–Trinajstić information content (AvgIpc) is 2.86. The Morgan fingerprint density at radius 1 is 1.13 bits per heavy atom. The number of anilines is 1. The number of nitrogen functional groups attached to an aromatic ring is 1. The van der Waals surface area contributed by atoms with Crippen LogP contribution in [0.4, 0.5) is 10.3 Å². The summed E-state index contributed by atoms with van der Waals surface area (Å²) in [5.74, 6) is 0.118. The summed E-state index contributed by atoms with van der Waals surface area (Å²) in [7, 11) is 0. The predicted molar refractivity (Wildman–Crippen MR) is 90.9 cm³/mol. The van der Waals surface area contributed by atoms with Gasteiger partial charge in [0.2, 0.25) is 5.95 Å². The zero-order chi connectivity index (χ0) is 16.4. The van der Waals surface area contributed by atoms with Crippen LogP contribution >= 0.6 is 0 Å². The number of hydrogen-bond donors (Lipinski definition) is 1. The molecule has 0 atom stereocenters. The first-order valence-corrected chi connectivity index (χ1v) is 7.25. The molecule has 0 fully saturated rings. The molecule has 0 bridgehead atoms. The van der Waals surface area contributed by atoms with Crippen LogP contribution in [0.5, 0.6) is 0 Å². The van der Waals surface area contributed by atoms with E-state index >= 15 is 0 Å². The highest BCUT2D eigenvalue weighted by molar-refractivity contribution is 5.81. The fourth-order valence-electron chi connectivity index (χ4n) is 2.38. The maximum atomic E-state index is 13.4. The van der Waals surface area contributed by atoms with Crippen molar-refractivity contribution in [3.05, 3.63) is 71.3 Å². The first-order valence-electron chi connectivity index (χ1n) is 7.25. The molecule has 0 spiro atoms. The predicted octanol–water partition coefficient (Wildman–Crippen LogP) is 3.77. The largest absolute Gasteiger partial charge is 0.368 e. The van der Waals surface area contributed by atoms with Crippen LogP contribution < -0.4 is 5.73 Å². The summed E-state index contributed by atoms with van der Waals surface area (Å²) >= 11 is 0. The standard InChI is InChI=1S/C18H17FN4/c1-12-3-8-16(19)9-17(12)15-6-4-14(5-7-15)10-21-23-11-13(2)22-18(23)20/h3-11H,1-2H3,(H2,20,22). The smallest absolute Gasteiger partial charge is 0.221 e. The van der Waals surface area contributed by atoms with Crippen LogP contribution in [0, 0.1) is 19.7 Å². The number of nitrogens with two attached hydrogens (primary N) is 1. The Bertz CT molecular complexity index is 863. The van der Waals surface area contributed by atoms with Gasteiger partial charge in [-0.05, 0) is 48.2 Å². The number of aryl methyl sites for hydroxylation is 2. The molecule has 0 aliphatic carbocycles. The van der Waals surface area contributed by atoms with Gasteiger partial charge in [-0.25, -0.2) is 14.1 Å². The highest BCUT2D eigenvalue weighted by atomic mass is 19.1. The Labute approximate surface area is 134 Å². The SMILES string of the molecule is Cc1cn(N=Cc2ccc(-c3cc(F)ccc3C)cc2)c(N)n1. The van der Waals surface area contributed by atoms with E-state index in [1.54, 1.807) is 24.5 Å². The third-order valence-electron chi connectivity index (χ3n) is 3.59. The summed E-state index contributed by atoms with van der Waals surface area (Å²) < 4.78 is 14.9. The first kappa shape index (κ1) is 15.0. The Morgan fingerprint density at radius 3 is 2.52 bits per heavy atom. The van der Waals surface area contributed by atoms with E-state index in [2.05, 4.69) is 10.1 Å². The van der Waals surface area contributed by atoms with Crippen LogP contribution in [-0.2, 0) is 0 Å². The zero-order valence-electron chi connectivity index (χ0n) is 13.0. The van der Waals surface area contributed by atoms with Crippen molar-refractivity contribution in [3.63, 3.8) is 0 Å². The molecule has 0 saturated heterocycles. The third kappa shape index (κ3) is 3.29. The second-order valence-electron chi connectivity index (χ2n) is 5.41. The molecule has 4 nitrogen and oxygen atoms in total. The number of aromatic nitrogens is 2. The number of benzene rings is 2. The topological polar surface area (TPSA) is 56.2 Å². The van der Waals surface area contributed by atoms with Crippen LogP contribution in [0.2, 0.25) is 0 Å². The first-order chi connectivity index (χ1) is 11.0. The molecule has 1 aromatic heterocycles.